The molecule has 69 valence electrons. The van der Waals surface area contributed by atoms with Crippen molar-refractivity contribution in [3.63, 3.8) is 0 Å². The summed E-state index contributed by atoms with van der Waals surface area (Å²) in [6, 6.07) is 0. The average molecular weight is 199 g/mol. The van der Waals surface area contributed by atoms with Crippen molar-refractivity contribution in [1.29, 1.82) is 0 Å². The molecule has 0 aliphatic carbocycles. The van der Waals surface area contributed by atoms with Crippen molar-refractivity contribution < 1.29 is 0 Å². The van der Waals surface area contributed by atoms with Crippen LogP contribution in [0, 0.1) is 6.42 Å². The molecule has 0 spiro atoms. The molecule has 1 nitrogen and oxygen atoms in total. The molecule has 1 unspecified atom stereocenters. The summed E-state index contributed by atoms with van der Waals surface area (Å²) >= 11 is 6.04. The maximum atomic E-state index is 6.04. The Kier molecular flexibility index (Phi) is 11.1. The number of rotatable bonds is 5. The van der Waals surface area contributed by atoms with E-state index in [2.05, 4.69) is 25.2 Å². The summed E-state index contributed by atoms with van der Waals surface area (Å²) in [5.41, 5.74) is 0.194. The molecular weight excluding hydrogens is 181 g/mol. The van der Waals surface area contributed by atoms with Crippen LogP contribution in [-0.4, -0.2) is 23.5 Å². The maximum Gasteiger partial charge on any atom is 0.0852 e. The summed E-state index contributed by atoms with van der Waals surface area (Å²) < 4.78 is 0. The van der Waals surface area contributed by atoms with Crippen molar-refractivity contribution in [2.75, 3.05) is 13.1 Å². The first kappa shape index (κ1) is 14.1. The third-order valence-corrected chi connectivity index (χ3v) is 2.09. The molecule has 0 N–H and O–H groups in total. The Morgan fingerprint density at radius 3 is 2.09 bits per heavy atom. The number of alkyl halides is 1. The molecule has 1 radical (unpaired) electrons. The monoisotopic (exact) mass is 198 g/mol. The first-order valence-corrected chi connectivity index (χ1v) is 4.35. The number of hydrogen-bond donors (Lipinski definition) is 0. The third-order valence-electron chi connectivity index (χ3n) is 1.64. The molecule has 0 heterocycles. The number of nitrogens with zero attached hydrogens (tertiary/aromatic N) is 1. The van der Waals surface area contributed by atoms with Crippen molar-refractivity contribution in [1.82, 2.24) is 4.90 Å². The van der Waals surface area contributed by atoms with Crippen molar-refractivity contribution in [2.45, 2.75) is 32.7 Å². The Morgan fingerprint density at radius 1 is 1.36 bits per heavy atom. The summed E-state index contributed by atoms with van der Waals surface area (Å²) in [6.45, 7) is 8.39. The second kappa shape index (κ2) is 8.63. The zero-order chi connectivity index (χ0) is 7.98. The van der Waals surface area contributed by atoms with Crippen LogP contribution in [0.5, 0.6) is 0 Å². The molecule has 0 bridgehead atoms. The zero-order valence-electron chi connectivity index (χ0n) is 7.51. The standard InChI is InChI=1S/C8H17ClN.ClH/c1-4-7-8(9)10(5-2)6-3;/h4,8H,5-7H2,1-3H3;1H. The van der Waals surface area contributed by atoms with Crippen molar-refractivity contribution in [3.8, 4) is 0 Å². The van der Waals surface area contributed by atoms with Gasteiger partial charge in [0.25, 0.3) is 0 Å². The minimum absolute atomic E-state index is 0. The lowest BCUT2D eigenvalue weighted by atomic mass is 10.3. The van der Waals surface area contributed by atoms with E-state index >= 15 is 0 Å². The van der Waals surface area contributed by atoms with Gasteiger partial charge in [0.1, 0.15) is 0 Å². The van der Waals surface area contributed by atoms with Gasteiger partial charge in [0.2, 0.25) is 0 Å². The normalized spacial score (nSPS) is 12.8. The highest BCUT2D eigenvalue weighted by Crippen LogP contribution is 2.09. The summed E-state index contributed by atoms with van der Waals surface area (Å²) in [6.07, 6.45) is 3.08. The summed E-state index contributed by atoms with van der Waals surface area (Å²) in [4.78, 5) is 2.24. The van der Waals surface area contributed by atoms with E-state index in [9.17, 15) is 0 Å². The molecule has 0 aliphatic rings. The van der Waals surface area contributed by atoms with Gasteiger partial charge in [-0.3, -0.25) is 4.90 Å². The van der Waals surface area contributed by atoms with Crippen LogP contribution in [-0.2, 0) is 0 Å². The van der Waals surface area contributed by atoms with Crippen molar-refractivity contribution in [2.24, 2.45) is 0 Å². The fraction of sp³-hybridized carbons (Fsp3) is 0.875. The van der Waals surface area contributed by atoms with Gasteiger partial charge in [-0.15, -0.1) is 24.0 Å². The summed E-state index contributed by atoms with van der Waals surface area (Å²) in [5.74, 6) is 0. The van der Waals surface area contributed by atoms with E-state index in [4.69, 9.17) is 11.6 Å². The summed E-state index contributed by atoms with van der Waals surface area (Å²) in [7, 11) is 0. The van der Waals surface area contributed by atoms with Gasteiger partial charge in [0.05, 0.1) is 5.50 Å². The van der Waals surface area contributed by atoms with Crippen molar-refractivity contribution in [3.05, 3.63) is 6.42 Å². The molecule has 0 fully saturated rings. The second-order valence-electron chi connectivity index (χ2n) is 2.30. The minimum Gasteiger partial charge on any atom is -0.288 e. The maximum absolute atomic E-state index is 6.04. The van der Waals surface area contributed by atoms with E-state index in [1.54, 1.807) is 0 Å². The lowest BCUT2D eigenvalue weighted by molar-refractivity contribution is 0.276. The lowest BCUT2D eigenvalue weighted by Gasteiger charge is -2.23. The quantitative estimate of drug-likeness (QED) is 0.486. The van der Waals surface area contributed by atoms with E-state index < -0.39 is 0 Å². The highest BCUT2D eigenvalue weighted by atomic mass is 35.5. The Morgan fingerprint density at radius 2 is 1.82 bits per heavy atom. The van der Waals surface area contributed by atoms with Gasteiger partial charge in [-0.1, -0.05) is 20.8 Å². The molecule has 0 aromatic carbocycles. The van der Waals surface area contributed by atoms with Gasteiger partial charge >= 0.3 is 0 Å². The van der Waals surface area contributed by atoms with E-state index in [1.165, 1.54) is 0 Å². The zero-order valence-corrected chi connectivity index (χ0v) is 9.08. The van der Waals surface area contributed by atoms with Crippen LogP contribution in [0.15, 0.2) is 0 Å². The first-order chi connectivity index (χ1) is 4.76. The molecule has 0 aromatic rings. The third kappa shape index (κ3) is 5.77. The highest BCUT2D eigenvalue weighted by molar-refractivity contribution is 6.20. The first-order valence-electron chi connectivity index (χ1n) is 3.92. The molecule has 11 heavy (non-hydrogen) atoms. The van der Waals surface area contributed by atoms with E-state index in [0.717, 1.165) is 19.5 Å². The van der Waals surface area contributed by atoms with Gasteiger partial charge in [-0.25, -0.2) is 0 Å². The molecule has 0 saturated heterocycles. The predicted molar refractivity (Wildman–Crippen MR) is 54.4 cm³/mol. The van der Waals surface area contributed by atoms with Crippen LogP contribution in [0.3, 0.4) is 0 Å². The lowest BCUT2D eigenvalue weighted by Crippen LogP contribution is -2.30. The fourth-order valence-electron chi connectivity index (χ4n) is 0.963. The Bertz CT molecular complexity index is 74.5. The highest BCUT2D eigenvalue weighted by Gasteiger charge is 2.09. The minimum atomic E-state index is 0. The van der Waals surface area contributed by atoms with E-state index in [-0.39, 0.29) is 17.9 Å². The molecule has 0 aromatic heterocycles. The average Bonchev–Trinajstić information content (AvgIpc) is 1.91. The van der Waals surface area contributed by atoms with Crippen LogP contribution in [0.1, 0.15) is 27.2 Å². The Balaban J connectivity index is 0. The Hall–Kier alpha value is 0.540. The van der Waals surface area contributed by atoms with Gasteiger partial charge in [-0.05, 0) is 25.9 Å². The Labute approximate surface area is 81.5 Å². The molecule has 3 heteroatoms. The van der Waals surface area contributed by atoms with Crippen LogP contribution in [0.2, 0.25) is 0 Å². The smallest absolute Gasteiger partial charge is 0.0852 e. The van der Waals surface area contributed by atoms with Crippen LogP contribution in [0.25, 0.3) is 0 Å². The number of hydrogen-bond acceptors (Lipinski definition) is 1. The van der Waals surface area contributed by atoms with E-state index in [1.807, 2.05) is 6.92 Å². The largest absolute Gasteiger partial charge is 0.288 e. The van der Waals surface area contributed by atoms with Crippen molar-refractivity contribution >= 4 is 24.0 Å². The molecular formula is C8H18Cl2N. The van der Waals surface area contributed by atoms with Gasteiger partial charge in [-0.2, -0.15) is 0 Å². The SMILES string of the molecule is C[CH]CC(Cl)N(CC)CC.Cl. The van der Waals surface area contributed by atoms with Crippen LogP contribution < -0.4 is 0 Å². The topological polar surface area (TPSA) is 3.24 Å². The predicted octanol–water partition coefficient (Wildman–Crippen LogP) is 2.93. The molecule has 0 saturated carbocycles. The van der Waals surface area contributed by atoms with E-state index in [0.29, 0.717) is 0 Å². The fourth-order valence-corrected chi connectivity index (χ4v) is 1.42. The molecule has 0 aliphatic heterocycles. The van der Waals surface area contributed by atoms with Gasteiger partial charge in [0, 0.05) is 0 Å². The van der Waals surface area contributed by atoms with Gasteiger partial charge < -0.3 is 0 Å². The molecule has 0 amide bonds. The summed E-state index contributed by atoms with van der Waals surface area (Å²) in [5, 5.41) is 0. The van der Waals surface area contributed by atoms with Crippen LogP contribution in [0.4, 0.5) is 0 Å². The molecule has 1 atom stereocenters. The molecule has 0 rings (SSSR count). The van der Waals surface area contributed by atoms with Crippen LogP contribution >= 0.6 is 24.0 Å². The number of halogens is 2. The van der Waals surface area contributed by atoms with Gasteiger partial charge in [0.15, 0.2) is 0 Å². The second-order valence-corrected chi connectivity index (χ2v) is 2.80.